The van der Waals surface area contributed by atoms with Crippen LogP contribution in [-0.4, -0.2) is 9.13 Å². The van der Waals surface area contributed by atoms with E-state index in [0.717, 1.165) is 25.4 Å². The molecular weight excluding hydrogens is 176 g/mol. The minimum absolute atomic E-state index is 0.122. The van der Waals surface area contributed by atoms with Crippen LogP contribution in [-0.2, 0) is 13.1 Å². The third-order valence-electron chi connectivity index (χ3n) is 2.44. The summed E-state index contributed by atoms with van der Waals surface area (Å²) in [4.78, 5) is 11.6. The van der Waals surface area contributed by atoms with Crippen molar-refractivity contribution in [1.82, 2.24) is 9.13 Å². The monoisotopic (exact) mass is 196 g/mol. The van der Waals surface area contributed by atoms with E-state index < -0.39 is 0 Å². The van der Waals surface area contributed by atoms with Gasteiger partial charge in [-0.15, -0.1) is 0 Å². The van der Waals surface area contributed by atoms with Crippen LogP contribution in [0.3, 0.4) is 0 Å². The van der Waals surface area contributed by atoms with Gasteiger partial charge in [0.05, 0.1) is 0 Å². The standard InChI is InChI=1S/C11H20N2O/c1-4-12-8-9-13(11(12)14)7-5-6-10(2)3/h8-10H,4-7H2,1-3H3. The van der Waals surface area contributed by atoms with Crippen molar-refractivity contribution in [2.24, 2.45) is 5.92 Å². The molecule has 0 bridgehead atoms. The van der Waals surface area contributed by atoms with E-state index >= 15 is 0 Å². The summed E-state index contributed by atoms with van der Waals surface area (Å²) in [5.74, 6) is 0.721. The molecule has 3 nitrogen and oxygen atoms in total. The van der Waals surface area contributed by atoms with Crippen molar-refractivity contribution in [2.75, 3.05) is 0 Å². The van der Waals surface area contributed by atoms with Gasteiger partial charge >= 0.3 is 5.69 Å². The predicted octanol–water partition coefficient (Wildman–Crippen LogP) is 2.11. The minimum Gasteiger partial charge on any atom is -0.300 e. The predicted molar refractivity (Wildman–Crippen MR) is 58.4 cm³/mol. The smallest absolute Gasteiger partial charge is 0.300 e. The maximum absolute atomic E-state index is 11.6. The molecular formula is C11H20N2O. The average molecular weight is 196 g/mol. The molecule has 3 heteroatoms. The van der Waals surface area contributed by atoms with E-state index in [9.17, 15) is 4.79 Å². The summed E-state index contributed by atoms with van der Waals surface area (Å²) in [6, 6.07) is 0. The van der Waals surface area contributed by atoms with Crippen molar-refractivity contribution >= 4 is 0 Å². The van der Waals surface area contributed by atoms with Gasteiger partial charge in [-0.25, -0.2) is 4.79 Å². The summed E-state index contributed by atoms with van der Waals surface area (Å²) >= 11 is 0. The van der Waals surface area contributed by atoms with Gasteiger partial charge in [-0.05, 0) is 25.7 Å². The van der Waals surface area contributed by atoms with Crippen molar-refractivity contribution in [2.45, 2.75) is 46.7 Å². The highest BCUT2D eigenvalue weighted by Crippen LogP contribution is 2.04. The lowest BCUT2D eigenvalue weighted by atomic mass is 10.1. The molecule has 1 aromatic heterocycles. The number of nitrogens with zero attached hydrogens (tertiary/aromatic N) is 2. The Morgan fingerprint density at radius 3 is 2.43 bits per heavy atom. The van der Waals surface area contributed by atoms with Gasteiger partial charge in [-0.2, -0.15) is 0 Å². The van der Waals surface area contributed by atoms with Crippen molar-refractivity contribution in [1.29, 1.82) is 0 Å². The van der Waals surface area contributed by atoms with E-state index in [2.05, 4.69) is 13.8 Å². The summed E-state index contributed by atoms with van der Waals surface area (Å²) in [6.07, 6.45) is 6.01. The Hall–Kier alpha value is -0.990. The Balaban J connectivity index is 2.51. The summed E-state index contributed by atoms with van der Waals surface area (Å²) in [5, 5.41) is 0. The summed E-state index contributed by atoms with van der Waals surface area (Å²) < 4.78 is 3.53. The van der Waals surface area contributed by atoms with Gasteiger partial charge in [0.25, 0.3) is 0 Å². The van der Waals surface area contributed by atoms with Crippen molar-refractivity contribution in [3.05, 3.63) is 22.9 Å². The lowest BCUT2D eigenvalue weighted by Crippen LogP contribution is -2.23. The molecule has 0 aliphatic heterocycles. The van der Waals surface area contributed by atoms with E-state index in [1.165, 1.54) is 6.42 Å². The fourth-order valence-corrected chi connectivity index (χ4v) is 1.53. The molecule has 0 fully saturated rings. The molecule has 0 spiro atoms. The highest BCUT2D eigenvalue weighted by Gasteiger charge is 2.01. The van der Waals surface area contributed by atoms with Crippen LogP contribution in [0.2, 0.25) is 0 Å². The number of aromatic nitrogens is 2. The lowest BCUT2D eigenvalue weighted by molar-refractivity contribution is 0.501. The molecule has 0 saturated heterocycles. The number of hydrogen-bond acceptors (Lipinski definition) is 1. The van der Waals surface area contributed by atoms with Gasteiger partial charge < -0.3 is 0 Å². The fraction of sp³-hybridized carbons (Fsp3) is 0.727. The summed E-state index contributed by atoms with van der Waals surface area (Å²) in [6.45, 7) is 8.01. The topological polar surface area (TPSA) is 26.9 Å². The second-order valence-electron chi connectivity index (χ2n) is 4.10. The van der Waals surface area contributed by atoms with Crippen LogP contribution < -0.4 is 5.69 Å². The third kappa shape index (κ3) is 2.76. The minimum atomic E-state index is 0.122. The first-order valence-electron chi connectivity index (χ1n) is 5.40. The number of imidazole rings is 1. The van der Waals surface area contributed by atoms with E-state index in [-0.39, 0.29) is 5.69 Å². The number of rotatable bonds is 5. The highest BCUT2D eigenvalue weighted by molar-refractivity contribution is 4.80. The lowest BCUT2D eigenvalue weighted by Gasteiger charge is -2.04. The molecule has 0 amide bonds. The van der Waals surface area contributed by atoms with Gasteiger partial charge in [-0.3, -0.25) is 9.13 Å². The van der Waals surface area contributed by atoms with E-state index in [1.807, 2.05) is 19.3 Å². The van der Waals surface area contributed by atoms with Crippen LogP contribution in [0.1, 0.15) is 33.6 Å². The van der Waals surface area contributed by atoms with Crippen molar-refractivity contribution in [3.8, 4) is 0 Å². The van der Waals surface area contributed by atoms with Crippen LogP contribution in [0.5, 0.6) is 0 Å². The normalized spacial score (nSPS) is 11.1. The molecule has 0 N–H and O–H groups in total. The first kappa shape index (κ1) is 11.1. The summed E-state index contributed by atoms with van der Waals surface area (Å²) in [5.41, 5.74) is 0.122. The Morgan fingerprint density at radius 1 is 1.29 bits per heavy atom. The largest absolute Gasteiger partial charge is 0.328 e. The second-order valence-corrected chi connectivity index (χ2v) is 4.10. The van der Waals surface area contributed by atoms with Gasteiger partial charge in [0, 0.05) is 25.5 Å². The third-order valence-corrected chi connectivity index (χ3v) is 2.44. The molecule has 1 rings (SSSR count). The molecule has 0 aliphatic rings. The van der Waals surface area contributed by atoms with Crippen molar-refractivity contribution in [3.63, 3.8) is 0 Å². The van der Waals surface area contributed by atoms with Crippen LogP contribution in [0, 0.1) is 5.92 Å². The highest BCUT2D eigenvalue weighted by atomic mass is 16.1. The molecule has 0 aliphatic carbocycles. The SMILES string of the molecule is CCn1ccn(CCCC(C)C)c1=O. The molecule has 0 aromatic carbocycles. The van der Waals surface area contributed by atoms with Gasteiger partial charge in [0.15, 0.2) is 0 Å². The Morgan fingerprint density at radius 2 is 1.93 bits per heavy atom. The molecule has 0 unspecified atom stereocenters. The first-order chi connectivity index (χ1) is 6.65. The molecule has 1 heterocycles. The average Bonchev–Trinajstić information content (AvgIpc) is 2.47. The first-order valence-corrected chi connectivity index (χ1v) is 5.40. The van der Waals surface area contributed by atoms with Crippen LogP contribution in [0.25, 0.3) is 0 Å². The van der Waals surface area contributed by atoms with E-state index in [4.69, 9.17) is 0 Å². The van der Waals surface area contributed by atoms with Gasteiger partial charge in [0.2, 0.25) is 0 Å². The zero-order valence-corrected chi connectivity index (χ0v) is 9.36. The van der Waals surface area contributed by atoms with Crippen LogP contribution in [0.15, 0.2) is 17.2 Å². The molecule has 1 aromatic rings. The quantitative estimate of drug-likeness (QED) is 0.708. The number of hydrogen-bond donors (Lipinski definition) is 0. The zero-order valence-electron chi connectivity index (χ0n) is 9.36. The van der Waals surface area contributed by atoms with Crippen LogP contribution >= 0.6 is 0 Å². The Labute approximate surface area is 85.4 Å². The van der Waals surface area contributed by atoms with E-state index in [1.54, 1.807) is 9.13 Å². The molecule has 0 radical (unpaired) electrons. The fourth-order valence-electron chi connectivity index (χ4n) is 1.53. The molecule has 0 atom stereocenters. The molecule has 14 heavy (non-hydrogen) atoms. The van der Waals surface area contributed by atoms with Gasteiger partial charge in [0.1, 0.15) is 0 Å². The maximum atomic E-state index is 11.6. The Bertz CT molecular complexity index is 322. The molecule has 80 valence electrons. The van der Waals surface area contributed by atoms with Gasteiger partial charge in [-0.1, -0.05) is 13.8 Å². The second kappa shape index (κ2) is 5.03. The Kier molecular flexibility index (Phi) is 3.98. The maximum Gasteiger partial charge on any atom is 0.328 e. The van der Waals surface area contributed by atoms with Crippen molar-refractivity contribution < 1.29 is 0 Å². The molecule has 0 saturated carbocycles. The van der Waals surface area contributed by atoms with E-state index in [0.29, 0.717) is 0 Å². The summed E-state index contributed by atoms with van der Waals surface area (Å²) in [7, 11) is 0. The van der Waals surface area contributed by atoms with Crippen LogP contribution in [0.4, 0.5) is 0 Å². The number of aryl methyl sites for hydroxylation is 2. The zero-order chi connectivity index (χ0) is 10.6.